The monoisotopic (exact) mass is 235 g/mol. The van der Waals surface area contributed by atoms with Crippen LogP contribution < -0.4 is 5.32 Å². The van der Waals surface area contributed by atoms with Gasteiger partial charge in [0.05, 0.1) is 5.60 Å². The lowest BCUT2D eigenvalue weighted by molar-refractivity contribution is -0.0554. The van der Waals surface area contributed by atoms with E-state index in [1.807, 2.05) is 18.5 Å². The Hall–Kier alpha value is -1.29. The average molecular weight is 235 g/mol. The molecule has 4 heteroatoms. The van der Waals surface area contributed by atoms with E-state index in [0.717, 1.165) is 31.9 Å². The predicted molar refractivity (Wildman–Crippen MR) is 69.1 cm³/mol. The van der Waals surface area contributed by atoms with Gasteiger partial charge in [0.1, 0.15) is 0 Å². The highest BCUT2D eigenvalue weighted by Gasteiger charge is 2.29. The van der Waals surface area contributed by atoms with Crippen molar-refractivity contribution in [3.05, 3.63) is 25.0 Å². The topological polar surface area (TPSA) is 39.1 Å². The average Bonchev–Trinajstić information content (AvgIpc) is 2.65. The van der Waals surface area contributed by atoms with E-state index in [1.54, 1.807) is 0 Å². The van der Waals surface area contributed by atoms with Gasteiger partial charge in [0.2, 0.25) is 5.95 Å². The Labute approximate surface area is 103 Å². The summed E-state index contributed by atoms with van der Waals surface area (Å²) < 4.78 is 7.77. The van der Waals surface area contributed by atoms with Gasteiger partial charge in [0.25, 0.3) is 0 Å². The van der Waals surface area contributed by atoms with E-state index in [0.29, 0.717) is 6.04 Å². The fraction of sp³-hybridized carbons (Fsp3) is 0.615. The molecule has 1 aliphatic heterocycles. The zero-order chi connectivity index (χ0) is 12.3. The number of rotatable bonds is 4. The molecule has 1 fully saturated rings. The number of imidazole rings is 1. The first-order valence-corrected chi connectivity index (χ1v) is 6.13. The van der Waals surface area contributed by atoms with Gasteiger partial charge < -0.3 is 14.6 Å². The molecule has 4 nitrogen and oxygen atoms in total. The highest BCUT2D eigenvalue weighted by Crippen LogP contribution is 2.25. The van der Waals surface area contributed by atoms with Crippen molar-refractivity contribution in [1.82, 2.24) is 9.55 Å². The molecule has 0 aromatic carbocycles. The van der Waals surface area contributed by atoms with Crippen molar-refractivity contribution >= 4 is 5.95 Å². The van der Waals surface area contributed by atoms with E-state index in [1.165, 1.54) is 0 Å². The molecule has 1 aliphatic rings. The Morgan fingerprint density at radius 3 is 3.24 bits per heavy atom. The van der Waals surface area contributed by atoms with Crippen LogP contribution in [-0.4, -0.2) is 27.8 Å². The third-order valence-corrected chi connectivity index (χ3v) is 3.07. The minimum Gasteiger partial charge on any atom is -0.375 e. The fourth-order valence-corrected chi connectivity index (χ4v) is 2.27. The van der Waals surface area contributed by atoms with E-state index in [9.17, 15) is 0 Å². The Bertz CT molecular complexity index is 384. The summed E-state index contributed by atoms with van der Waals surface area (Å²) in [5.74, 6) is 0.924. The summed E-state index contributed by atoms with van der Waals surface area (Å²) in [6.07, 6.45) is 7.70. The normalized spacial score (nSPS) is 23.3. The van der Waals surface area contributed by atoms with Gasteiger partial charge >= 0.3 is 0 Å². The summed E-state index contributed by atoms with van der Waals surface area (Å²) in [5, 5.41) is 3.49. The van der Waals surface area contributed by atoms with Crippen LogP contribution in [0, 0.1) is 0 Å². The van der Waals surface area contributed by atoms with Crippen LogP contribution in [0.2, 0.25) is 0 Å². The number of nitrogens with one attached hydrogen (secondary N) is 1. The molecule has 0 radical (unpaired) electrons. The Kier molecular flexibility index (Phi) is 3.52. The zero-order valence-electron chi connectivity index (χ0n) is 10.6. The largest absolute Gasteiger partial charge is 0.375 e. The number of ether oxygens (including phenoxy) is 1. The standard InChI is InChI=1S/C13H21N3O/c1-4-7-16-8-6-14-12(16)15-11-5-9-17-13(2,3)10-11/h4,6,8,11H,1,5,7,9-10H2,2-3H3,(H,14,15). The molecule has 1 N–H and O–H groups in total. The van der Waals surface area contributed by atoms with Crippen LogP contribution in [-0.2, 0) is 11.3 Å². The summed E-state index contributed by atoms with van der Waals surface area (Å²) in [6, 6.07) is 0.435. The minimum atomic E-state index is -0.0359. The maximum Gasteiger partial charge on any atom is 0.203 e. The molecule has 94 valence electrons. The van der Waals surface area contributed by atoms with Crippen molar-refractivity contribution in [2.24, 2.45) is 0 Å². The first-order chi connectivity index (χ1) is 8.11. The second-order valence-corrected chi connectivity index (χ2v) is 5.13. The molecule has 2 rings (SSSR count). The second kappa shape index (κ2) is 4.92. The maximum absolute atomic E-state index is 5.71. The van der Waals surface area contributed by atoms with Crippen LogP contribution >= 0.6 is 0 Å². The highest BCUT2D eigenvalue weighted by molar-refractivity contribution is 5.28. The van der Waals surface area contributed by atoms with Gasteiger partial charge in [-0.05, 0) is 26.7 Å². The molecule has 2 heterocycles. The molecule has 1 saturated heterocycles. The van der Waals surface area contributed by atoms with Crippen molar-refractivity contribution in [2.75, 3.05) is 11.9 Å². The second-order valence-electron chi connectivity index (χ2n) is 5.13. The summed E-state index contributed by atoms with van der Waals surface area (Å²) in [5.41, 5.74) is -0.0359. The third-order valence-electron chi connectivity index (χ3n) is 3.07. The third kappa shape index (κ3) is 3.09. The van der Waals surface area contributed by atoms with Crippen LogP contribution in [0.4, 0.5) is 5.95 Å². The number of allylic oxidation sites excluding steroid dienone is 1. The number of hydrogen-bond donors (Lipinski definition) is 1. The Morgan fingerprint density at radius 2 is 2.53 bits per heavy atom. The Balaban J connectivity index is 2.00. The lowest BCUT2D eigenvalue weighted by Gasteiger charge is -2.36. The fourth-order valence-electron chi connectivity index (χ4n) is 2.27. The molecule has 1 aromatic rings. The first kappa shape index (κ1) is 12.2. The van der Waals surface area contributed by atoms with E-state index in [2.05, 4.69) is 35.3 Å². The molecule has 0 aliphatic carbocycles. The summed E-state index contributed by atoms with van der Waals surface area (Å²) in [7, 11) is 0. The van der Waals surface area contributed by atoms with Gasteiger partial charge in [0, 0.05) is 31.6 Å². The summed E-state index contributed by atoms with van der Waals surface area (Å²) in [4.78, 5) is 4.34. The van der Waals surface area contributed by atoms with Gasteiger partial charge in [-0.3, -0.25) is 0 Å². The molecular weight excluding hydrogens is 214 g/mol. The lowest BCUT2D eigenvalue weighted by Crippen LogP contribution is -2.40. The van der Waals surface area contributed by atoms with Crippen LogP contribution in [0.15, 0.2) is 25.0 Å². The smallest absolute Gasteiger partial charge is 0.203 e. The molecular formula is C13H21N3O. The lowest BCUT2D eigenvalue weighted by atomic mass is 9.94. The predicted octanol–water partition coefficient (Wildman–Crippen LogP) is 2.44. The van der Waals surface area contributed by atoms with Crippen molar-refractivity contribution in [2.45, 2.75) is 44.9 Å². The molecule has 1 atom stereocenters. The van der Waals surface area contributed by atoms with E-state index in [-0.39, 0.29) is 5.60 Å². The first-order valence-electron chi connectivity index (χ1n) is 6.13. The van der Waals surface area contributed by atoms with Crippen LogP contribution in [0.25, 0.3) is 0 Å². The van der Waals surface area contributed by atoms with Crippen molar-refractivity contribution in [1.29, 1.82) is 0 Å². The number of hydrogen-bond acceptors (Lipinski definition) is 3. The summed E-state index contributed by atoms with van der Waals surface area (Å²) in [6.45, 7) is 9.62. The molecule has 17 heavy (non-hydrogen) atoms. The molecule has 0 amide bonds. The number of anilines is 1. The van der Waals surface area contributed by atoms with Gasteiger partial charge in [-0.1, -0.05) is 6.08 Å². The van der Waals surface area contributed by atoms with Crippen molar-refractivity contribution < 1.29 is 4.74 Å². The number of nitrogens with zero attached hydrogens (tertiary/aromatic N) is 2. The van der Waals surface area contributed by atoms with Crippen LogP contribution in [0.5, 0.6) is 0 Å². The van der Waals surface area contributed by atoms with E-state index in [4.69, 9.17) is 4.74 Å². The van der Waals surface area contributed by atoms with Crippen molar-refractivity contribution in [3.63, 3.8) is 0 Å². The van der Waals surface area contributed by atoms with Crippen LogP contribution in [0.1, 0.15) is 26.7 Å². The van der Waals surface area contributed by atoms with Gasteiger partial charge in [-0.25, -0.2) is 4.98 Å². The zero-order valence-corrected chi connectivity index (χ0v) is 10.6. The highest BCUT2D eigenvalue weighted by atomic mass is 16.5. The molecule has 0 spiro atoms. The molecule has 1 aromatic heterocycles. The molecule has 1 unspecified atom stereocenters. The van der Waals surface area contributed by atoms with E-state index < -0.39 is 0 Å². The van der Waals surface area contributed by atoms with Gasteiger partial charge in [-0.15, -0.1) is 6.58 Å². The van der Waals surface area contributed by atoms with Crippen LogP contribution in [0.3, 0.4) is 0 Å². The van der Waals surface area contributed by atoms with Gasteiger partial charge in [-0.2, -0.15) is 0 Å². The maximum atomic E-state index is 5.71. The quantitative estimate of drug-likeness (QED) is 0.815. The molecule has 0 saturated carbocycles. The SMILES string of the molecule is C=CCn1ccnc1NC1CCOC(C)(C)C1. The van der Waals surface area contributed by atoms with Gasteiger partial charge in [0.15, 0.2) is 0 Å². The van der Waals surface area contributed by atoms with Crippen molar-refractivity contribution in [3.8, 4) is 0 Å². The summed E-state index contributed by atoms with van der Waals surface area (Å²) >= 11 is 0. The Morgan fingerprint density at radius 1 is 1.71 bits per heavy atom. The minimum absolute atomic E-state index is 0.0359. The van der Waals surface area contributed by atoms with E-state index >= 15 is 0 Å². The molecule has 0 bridgehead atoms. The number of aromatic nitrogens is 2.